The molecule has 1 atom stereocenters. The number of carbonyl (C=O) groups is 2. The number of hydrogen-bond acceptors (Lipinski definition) is 5. The maximum atomic E-state index is 9.10. The van der Waals surface area contributed by atoms with Gasteiger partial charge in [-0.3, -0.25) is 0 Å². The largest absolute Gasteiger partial charge is 0.473 e. The highest BCUT2D eigenvalue weighted by atomic mass is 16.5. The number of ether oxygens (including phenoxy) is 2. The quantitative estimate of drug-likeness (QED) is 0.342. The highest BCUT2D eigenvalue weighted by molar-refractivity contribution is 6.27. The molecule has 1 unspecified atom stereocenters. The number of hydrogen-bond donors (Lipinski definition) is 2. The fourth-order valence-corrected chi connectivity index (χ4v) is 2.38. The molecular formula is C20H36N2O6. The van der Waals surface area contributed by atoms with Crippen LogP contribution in [0.1, 0.15) is 65.2 Å². The maximum absolute atomic E-state index is 9.10. The summed E-state index contributed by atoms with van der Waals surface area (Å²) >= 11 is 0. The van der Waals surface area contributed by atoms with E-state index < -0.39 is 11.9 Å². The molecule has 2 N–H and O–H groups in total. The lowest BCUT2D eigenvalue weighted by atomic mass is 10.1. The van der Waals surface area contributed by atoms with Crippen LogP contribution in [-0.4, -0.2) is 57.6 Å². The third-order valence-electron chi connectivity index (χ3n) is 3.95. The molecule has 0 aliphatic carbocycles. The average Bonchev–Trinajstić information content (AvgIpc) is 3.17. The van der Waals surface area contributed by atoms with Crippen molar-refractivity contribution in [1.82, 2.24) is 9.55 Å². The molecule has 162 valence electrons. The number of nitrogens with zero attached hydrogens (tertiary/aromatic N) is 2. The summed E-state index contributed by atoms with van der Waals surface area (Å²) in [4.78, 5) is 22.3. The molecule has 0 spiro atoms. The lowest BCUT2D eigenvalue weighted by Gasteiger charge is -2.18. The Morgan fingerprint density at radius 3 is 2.18 bits per heavy atom. The van der Waals surface area contributed by atoms with Gasteiger partial charge < -0.3 is 24.3 Å². The molecule has 28 heavy (non-hydrogen) atoms. The van der Waals surface area contributed by atoms with Gasteiger partial charge in [0.1, 0.15) is 0 Å². The van der Waals surface area contributed by atoms with E-state index >= 15 is 0 Å². The fourth-order valence-electron chi connectivity index (χ4n) is 2.38. The van der Waals surface area contributed by atoms with E-state index in [0.717, 1.165) is 39.0 Å². The summed E-state index contributed by atoms with van der Waals surface area (Å²) in [6.45, 7) is 7.60. The molecule has 0 aromatic carbocycles. The highest BCUT2D eigenvalue weighted by Crippen LogP contribution is 2.06. The monoisotopic (exact) mass is 400 g/mol. The van der Waals surface area contributed by atoms with E-state index in [9.17, 15) is 0 Å². The van der Waals surface area contributed by atoms with Gasteiger partial charge in [0.25, 0.3) is 0 Å². The second kappa shape index (κ2) is 18.4. The van der Waals surface area contributed by atoms with Crippen LogP contribution in [-0.2, 0) is 25.6 Å². The van der Waals surface area contributed by atoms with Crippen molar-refractivity contribution in [3.63, 3.8) is 0 Å². The number of carboxylic acid groups (broad SMARTS) is 2. The molecule has 1 aromatic rings. The zero-order valence-electron chi connectivity index (χ0n) is 17.2. The normalized spacial score (nSPS) is 11.5. The first kappa shape index (κ1) is 26.1. The smallest absolute Gasteiger partial charge is 0.414 e. The Bertz CT molecular complexity index is 481. The van der Waals surface area contributed by atoms with Crippen LogP contribution >= 0.6 is 0 Å². The second-order valence-electron chi connectivity index (χ2n) is 6.56. The fraction of sp³-hybridized carbons (Fsp3) is 0.750. The lowest BCUT2D eigenvalue weighted by molar-refractivity contribution is -0.159. The van der Waals surface area contributed by atoms with Gasteiger partial charge in [-0.2, -0.15) is 0 Å². The first-order valence-corrected chi connectivity index (χ1v) is 10.1. The van der Waals surface area contributed by atoms with Gasteiger partial charge in [-0.05, 0) is 12.8 Å². The van der Waals surface area contributed by atoms with Crippen molar-refractivity contribution in [2.24, 2.45) is 0 Å². The van der Waals surface area contributed by atoms with Crippen LogP contribution < -0.4 is 0 Å². The van der Waals surface area contributed by atoms with Crippen molar-refractivity contribution < 1.29 is 29.3 Å². The number of rotatable bonds is 15. The highest BCUT2D eigenvalue weighted by Gasteiger charge is 2.10. The molecule has 0 aliphatic rings. The summed E-state index contributed by atoms with van der Waals surface area (Å²) in [7, 11) is 0. The van der Waals surface area contributed by atoms with Gasteiger partial charge in [0.05, 0.1) is 25.6 Å². The van der Waals surface area contributed by atoms with Crippen LogP contribution in [0.5, 0.6) is 0 Å². The summed E-state index contributed by atoms with van der Waals surface area (Å²) < 4.78 is 13.8. The first-order valence-electron chi connectivity index (χ1n) is 10.1. The van der Waals surface area contributed by atoms with Gasteiger partial charge in [0.2, 0.25) is 0 Å². The van der Waals surface area contributed by atoms with E-state index in [-0.39, 0.29) is 6.10 Å². The SMILES string of the molecule is CCCCCCCCOCC(Cn1ccnc1)OCCCC.O=C(O)C(=O)O. The zero-order chi connectivity index (χ0) is 21.0. The summed E-state index contributed by atoms with van der Waals surface area (Å²) in [5, 5.41) is 14.8. The molecule has 8 heteroatoms. The van der Waals surface area contributed by atoms with E-state index in [2.05, 4.69) is 23.4 Å². The van der Waals surface area contributed by atoms with Gasteiger partial charge in [-0.25, -0.2) is 14.6 Å². The van der Waals surface area contributed by atoms with Crippen molar-refractivity contribution in [3.05, 3.63) is 18.7 Å². The van der Waals surface area contributed by atoms with Crippen molar-refractivity contribution in [3.8, 4) is 0 Å². The Morgan fingerprint density at radius 1 is 0.964 bits per heavy atom. The minimum absolute atomic E-state index is 0.126. The molecular weight excluding hydrogens is 364 g/mol. The summed E-state index contributed by atoms with van der Waals surface area (Å²) in [6, 6.07) is 0. The number of aromatic nitrogens is 2. The molecule has 1 aromatic heterocycles. The molecule has 0 bridgehead atoms. The molecule has 0 aliphatic heterocycles. The second-order valence-corrected chi connectivity index (χ2v) is 6.56. The van der Waals surface area contributed by atoms with E-state index in [1.54, 1.807) is 6.20 Å². The van der Waals surface area contributed by atoms with E-state index in [1.165, 1.54) is 32.1 Å². The third kappa shape index (κ3) is 16.3. The summed E-state index contributed by atoms with van der Waals surface area (Å²) in [5.41, 5.74) is 0. The van der Waals surface area contributed by atoms with Gasteiger partial charge in [0.15, 0.2) is 0 Å². The predicted molar refractivity (Wildman–Crippen MR) is 106 cm³/mol. The lowest BCUT2D eigenvalue weighted by Crippen LogP contribution is -2.26. The maximum Gasteiger partial charge on any atom is 0.414 e. The number of unbranched alkanes of at least 4 members (excludes halogenated alkanes) is 6. The number of aliphatic carboxylic acids is 2. The molecule has 8 nitrogen and oxygen atoms in total. The van der Waals surface area contributed by atoms with E-state index in [1.807, 2.05) is 12.5 Å². The van der Waals surface area contributed by atoms with Gasteiger partial charge in [-0.1, -0.05) is 52.4 Å². The van der Waals surface area contributed by atoms with Gasteiger partial charge in [-0.15, -0.1) is 0 Å². The minimum Gasteiger partial charge on any atom is -0.473 e. The summed E-state index contributed by atoms with van der Waals surface area (Å²) in [6.07, 6.45) is 15.8. The molecule has 0 fully saturated rings. The van der Waals surface area contributed by atoms with Crippen LogP contribution in [0, 0.1) is 0 Å². The Hall–Kier alpha value is -1.93. The Morgan fingerprint density at radius 2 is 1.61 bits per heavy atom. The van der Waals surface area contributed by atoms with Crippen LogP contribution in [0.4, 0.5) is 0 Å². The molecule has 1 rings (SSSR count). The Labute approximate surface area is 167 Å². The van der Waals surface area contributed by atoms with Crippen LogP contribution in [0.2, 0.25) is 0 Å². The predicted octanol–water partition coefficient (Wildman–Crippen LogP) is 3.60. The van der Waals surface area contributed by atoms with E-state index in [4.69, 9.17) is 29.3 Å². The number of imidazole rings is 1. The minimum atomic E-state index is -1.82. The third-order valence-corrected chi connectivity index (χ3v) is 3.95. The molecule has 0 saturated heterocycles. The molecule has 0 saturated carbocycles. The van der Waals surface area contributed by atoms with Crippen molar-refractivity contribution in [2.45, 2.75) is 77.9 Å². The average molecular weight is 401 g/mol. The molecule has 1 heterocycles. The van der Waals surface area contributed by atoms with Crippen molar-refractivity contribution in [2.75, 3.05) is 19.8 Å². The van der Waals surface area contributed by atoms with Crippen LogP contribution in [0.3, 0.4) is 0 Å². The van der Waals surface area contributed by atoms with Gasteiger partial charge in [0, 0.05) is 25.6 Å². The van der Waals surface area contributed by atoms with Crippen molar-refractivity contribution in [1.29, 1.82) is 0 Å². The molecule has 0 amide bonds. The Balaban J connectivity index is 0.00000105. The van der Waals surface area contributed by atoms with Crippen molar-refractivity contribution >= 4 is 11.9 Å². The topological polar surface area (TPSA) is 111 Å². The van der Waals surface area contributed by atoms with Gasteiger partial charge >= 0.3 is 11.9 Å². The first-order chi connectivity index (χ1) is 13.5. The standard InChI is InChI=1S/C18H34N2O2.C2H2O4/c1-3-5-7-8-9-10-13-21-16-18(22-14-6-4-2)15-20-12-11-19-17-20;3-1(4)2(5)6/h11-12,17-18H,3-10,13-16H2,1-2H3;(H,3,4)(H,5,6). The van der Waals surface area contributed by atoms with Crippen LogP contribution in [0.15, 0.2) is 18.7 Å². The Kier molecular flexibility index (Phi) is 17.2. The number of carboxylic acids is 2. The zero-order valence-corrected chi connectivity index (χ0v) is 17.2. The molecule has 0 radical (unpaired) electrons. The summed E-state index contributed by atoms with van der Waals surface area (Å²) in [5.74, 6) is -3.65. The van der Waals surface area contributed by atoms with E-state index in [0.29, 0.717) is 6.61 Å². The van der Waals surface area contributed by atoms with Crippen LogP contribution in [0.25, 0.3) is 0 Å².